The van der Waals surface area contributed by atoms with Gasteiger partial charge < -0.3 is 10.1 Å². The molecule has 0 spiro atoms. The summed E-state index contributed by atoms with van der Waals surface area (Å²) in [5.41, 5.74) is 3.13. The lowest BCUT2D eigenvalue weighted by Crippen LogP contribution is -2.13. The van der Waals surface area contributed by atoms with Crippen LogP contribution in [0.4, 0.5) is 5.69 Å². The number of amides is 1. The first-order valence-electron chi connectivity index (χ1n) is 8.08. The van der Waals surface area contributed by atoms with E-state index in [1.165, 1.54) is 18.3 Å². The number of benzene rings is 1. The molecule has 0 saturated heterocycles. The number of nitrogens with zero attached hydrogens (tertiary/aromatic N) is 2. The van der Waals surface area contributed by atoms with Crippen LogP contribution in [0.3, 0.4) is 0 Å². The Kier molecular flexibility index (Phi) is 5.18. The summed E-state index contributed by atoms with van der Waals surface area (Å²) in [5.74, 6) is 0.345. The molecule has 2 aromatic heterocycles. The second-order valence-electron chi connectivity index (χ2n) is 5.85. The zero-order chi connectivity index (χ0) is 18.7. The molecule has 3 aromatic rings. The first kappa shape index (κ1) is 17.9. The Hall–Kier alpha value is -2.93. The molecule has 0 unspecified atom stereocenters. The zero-order valence-corrected chi connectivity index (χ0v) is 15.6. The monoisotopic (exact) mass is 369 g/mol. The summed E-state index contributed by atoms with van der Waals surface area (Å²) in [6.45, 7) is 5.25. The van der Waals surface area contributed by atoms with Gasteiger partial charge in [0.15, 0.2) is 11.7 Å². The first-order valence-corrected chi connectivity index (χ1v) is 8.96. The van der Waals surface area contributed by atoms with Crippen molar-refractivity contribution in [2.24, 2.45) is 0 Å². The fourth-order valence-electron chi connectivity index (χ4n) is 2.73. The van der Waals surface area contributed by atoms with Gasteiger partial charge in [-0.1, -0.05) is 0 Å². The van der Waals surface area contributed by atoms with Crippen molar-refractivity contribution >= 4 is 28.7 Å². The van der Waals surface area contributed by atoms with E-state index < -0.39 is 0 Å². The molecule has 7 heteroatoms. The Bertz CT molecular complexity index is 928. The van der Waals surface area contributed by atoms with E-state index in [1.807, 2.05) is 29.9 Å². The molecule has 134 valence electrons. The van der Waals surface area contributed by atoms with Gasteiger partial charge in [-0.05, 0) is 44.2 Å². The van der Waals surface area contributed by atoms with Crippen LogP contribution in [0.25, 0.3) is 5.13 Å². The van der Waals surface area contributed by atoms with E-state index >= 15 is 0 Å². The van der Waals surface area contributed by atoms with Crippen LogP contribution < -0.4 is 10.1 Å². The molecule has 26 heavy (non-hydrogen) atoms. The number of aromatic nitrogens is 2. The number of carbonyl (C=O) groups excluding carboxylic acids is 2. The normalized spacial score (nSPS) is 10.6. The number of hydrogen-bond donors (Lipinski definition) is 1. The highest BCUT2D eigenvalue weighted by molar-refractivity contribution is 7.12. The number of anilines is 1. The number of ketones is 1. The van der Waals surface area contributed by atoms with Crippen LogP contribution in [-0.4, -0.2) is 27.8 Å². The van der Waals surface area contributed by atoms with Gasteiger partial charge in [-0.2, -0.15) is 0 Å². The van der Waals surface area contributed by atoms with E-state index in [1.54, 1.807) is 30.5 Å². The molecule has 6 nitrogen and oxygen atoms in total. The number of carbonyl (C=O) groups is 2. The highest BCUT2D eigenvalue weighted by Crippen LogP contribution is 2.23. The van der Waals surface area contributed by atoms with Crippen molar-refractivity contribution in [3.8, 4) is 10.9 Å². The molecule has 0 aliphatic carbocycles. The van der Waals surface area contributed by atoms with Crippen LogP contribution in [0.15, 0.2) is 41.9 Å². The number of hydrogen-bond acceptors (Lipinski definition) is 5. The highest BCUT2D eigenvalue weighted by atomic mass is 32.1. The van der Waals surface area contributed by atoms with Crippen molar-refractivity contribution in [2.75, 3.05) is 11.9 Å². The van der Waals surface area contributed by atoms with Crippen LogP contribution in [0.2, 0.25) is 0 Å². The summed E-state index contributed by atoms with van der Waals surface area (Å²) in [6, 6.07) is 8.77. The lowest BCUT2D eigenvalue weighted by Gasteiger charge is -2.08. The van der Waals surface area contributed by atoms with Crippen molar-refractivity contribution in [3.63, 3.8) is 0 Å². The van der Waals surface area contributed by atoms with Crippen molar-refractivity contribution in [1.29, 1.82) is 0 Å². The van der Waals surface area contributed by atoms with Crippen LogP contribution in [0.1, 0.15) is 28.7 Å². The minimum atomic E-state index is -0.135. The Balaban J connectivity index is 1.69. The van der Waals surface area contributed by atoms with E-state index in [0.717, 1.165) is 16.5 Å². The second-order valence-corrected chi connectivity index (χ2v) is 6.73. The minimum absolute atomic E-state index is 0.0539. The average Bonchev–Trinajstić information content (AvgIpc) is 3.21. The van der Waals surface area contributed by atoms with Crippen LogP contribution in [-0.2, 0) is 4.79 Å². The molecule has 2 heterocycles. The summed E-state index contributed by atoms with van der Waals surface area (Å²) in [5, 5.41) is 5.43. The van der Waals surface area contributed by atoms with E-state index in [4.69, 9.17) is 4.74 Å². The summed E-state index contributed by atoms with van der Waals surface area (Å²) in [7, 11) is 0. The second kappa shape index (κ2) is 7.53. The number of thiazole rings is 1. The predicted octanol–water partition coefficient (Wildman–Crippen LogP) is 3.77. The number of aryl methyl sites for hydroxylation is 1. The van der Waals surface area contributed by atoms with Gasteiger partial charge in [0.05, 0.1) is 0 Å². The van der Waals surface area contributed by atoms with Crippen molar-refractivity contribution in [2.45, 2.75) is 20.8 Å². The van der Waals surface area contributed by atoms with Gasteiger partial charge >= 0.3 is 0 Å². The van der Waals surface area contributed by atoms with Gasteiger partial charge in [-0.3, -0.25) is 14.2 Å². The molecule has 0 saturated carbocycles. The average molecular weight is 369 g/mol. The fraction of sp³-hybridized carbons (Fsp3) is 0.211. The highest BCUT2D eigenvalue weighted by Gasteiger charge is 2.18. The zero-order valence-electron chi connectivity index (χ0n) is 14.8. The van der Waals surface area contributed by atoms with E-state index in [9.17, 15) is 9.59 Å². The first-order chi connectivity index (χ1) is 12.5. The molecule has 0 atom stereocenters. The Labute approximate surface area is 155 Å². The topological polar surface area (TPSA) is 73.2 Å². The van der Waals surface area contributed by atoms with Gasteiger partial charge in [0.2, 0.25) is 11.7 Å². The summed E-state index contributed by atoms with van der Waals surface area (Å²) < 4.78 is 7.56. The van der Waals surface area contributed by atoms with E-state index in [2.05, 4.69) is 10.3 Å². The van der Waals surface area contributed by atoms with Gasteiger partial charge in [0.1, 0.15) is 5.75 Å². The summed E-state index contributed by atoms with van der Waals surface area (Å²) >= 11 is 1.52. The number of nitrogens with one attached hydrogen (secondary N) is 1. The minimum Gasteiger partial charge on any atom is -0.485 e. The Morgan fingerprint density at radius 1 is 1.23 bits per heavy atom. The number of Topliss-reactive ketones (excluding diaryl/α,β-unsaturated/α-hetero) is 1. The maximum Gasteiger partial charge on any atom is 0.221 e. The van der Waals surface area contributed by atoms with E-state index in [-0.39, 0.29) is 18.3 Å². The van der Waals surface area contributed by atoms with Crippen molar-refractivity contribution < 1.29 is 14.3 Å². The molecular formula is C19H19N3O3S. The third kappa shape index (κ3) is 3.83. The van der Waals surface area contributed by atoms with Crippen molar-refractivity contribution in [1.82, 2.24) is 9.55 Å². The maximum atomic E-state index is 12.6. The Morgan fingerprint density at radius 3 is 2.58 bits per heavy atom. The van der Waals surface area contributed by atoms with Gasteiger partial charge in [0, 0.05) is 41.1 Å². The molecule has 3 rings (SSSR count). The molecule has 1 amide bonds. The van der Waals surface area contributed by atoms with Gasteiger partial charge in [-0.25, -0.2) is 4.98 Å². The van der Waals surface area contributed by atoms with Crippen LogP contribution >= 0.6 is 11.3 Å². The van der Waals surface area contributed by atoms with Crippen molar-refractivity contribution in [3.05, 3.63) is 58.9 Å². The van der Waals surface area contributed by atoms with Gasteiger partial charge in [-0.15, -0.1) is 11.3 Å². The standard InChI is InChI=1S/C19H19N3O3S/c1-12-10-17(13(2)22(12)19-20-8-9-26-19)18(24)11-25-16-6-4-15(5-7-16)21-14(3)23/h4-10H,11H2,1-3H3,(H,21,23). The third-order valence-corrected chi connectivity index (χ3v) is 4.64. The molecule has 1 N–H and O–H groups in total. The summed E-state index contributed by atoms with van der Waals surface area (Å²) in [6.07, 6.45) is 1.74. The lowest BCUT2D eigenvalue weighted by molar-refractivity contribution is -0.114. The molecule has 0 radical (unpaired) electrons. The molecule has 1 aromatic carbocycles. The molecular weight excluding hydrogens is 350 g/mol. The predicted molar refractivity (Wildman–Crippen MR) is 101 cm³/mol. The number of ether oxygens (including phenoxy) is 1. The fourth-order valence-corrected chi connectivity index (χ4v) is 3.48. The molecule has 0 fully saturated rings. The smallest absolute Gasteiger partial charge is 0.221 e. The summed E-state index contributed by atoms with van der Waals surface area (Å²) in [4.78, 5) is 27.9. The maximum absolute atomic E-state index is 12.6. The third-order valence-electron chi connectivity index (χ3n) is 3.89. The molecule has 0 aliphatic rings. The van der Waals surface area contributed by atoms with E-state index in [0.29, 0.717) is 17.0 Å². The Morgan fingerprint density at radius 2 is 1.96 bits per heavy atom. The quantitative estimate of drug-likeness (QED) is 0.671. The SMILES string of the molecule is CC(=O)Nc1ccc(OCC(=O)c2cc(C)n(-c3nccs3)c2C)cc1. The largest absolute Gasteiger partial charge is 0.485 e. The molecule has 0 bridgehead atoms. The van der Waals surface area contributed by atoms with Gasteiger partial charge in [0.25, 0.3) is 0 Å². The van der Waals surface area contributed by atoms with Crippen LogP contribution in [0.5, 0.6) is 5.75 Å². The lowest BCUT2D eigenvalue weighted by atomic mass is 10.1. The number of rotatable bonds is 6. The molecule has 0 aliphatic heterocycles. The van der Waals surface area contributed by atoms with Crippen LogP contribution in [0, 0.1) is 13.8 Å².